The lowest BCUT2D eigenvalue weighted by molar-refractivity contribution is -0.123. The number of fused-ring (bicyclic) bond motifs is 1. The van der Waals surface area contributed by atoms with Gasteiger partial charge in [-0.2, -0.15) is 0 Å². The Balaban J connectivity index is 1.58. The predicted molar refractivity (Wildman–Crippen MR) is 95.1 cm³/mol. The average molecular weight is 329 g/mol. The molecule has 2 heterocycles. The number of piperidine rings is 1. The van der Waals surface area contributed by atoms with E-state index >= 15 is 0 Å². The molecule has 0 unspecified atom stereocenters. The van der Waals surface area contributed by atoms with Crippen molar-refractivity contribution in [1.82, 2.24) is 10.2 Å². The van der Waals surface area contributed by atoms with Gasteiger partial charge in [0, 0.05) is 36.8 Å². The molecule has 1 aromatic rings. The molecule has 3 amide bonds. The van der Waals surface area contributed by atoms with Crippen LogP contribution in [-0.2, 0) is 11.2 Å². The number of hydrogen-bond acceptors (Lipinski definition) is 2. The molecule has 130 valence electrons. The molecule has 0 bridgehead atoms. The second kappa shape index (κ2) is 6.46. The van der Waals surface area contributed by atoms with Crippen LogP contribution in [0.3, 0.4) is 0 Å². The molecule has 1 N–H and O–H groups in total. The molecule has 0 aromatic heterocycles. The van der Waals surface area contributed by atoms with Crippen LogP contribution in [-0.4, -0.2) is 42.0 Å². The van der Waals surface area contributed by atoms with Gasteiger partial charge < -0.3 is 15.1 Å². The quantitative estimate of drug-likeness (QED) is 0.861. The fraction of sp³-hybridized carbons (Fsp3) is 0.579. The Morgan fingerprint density at radius 3 is 2.42 bits per heavy atom. The topological polar surface area (TPSA) is 52.7 Å². The first kappa shape index (κ1) is 16.8. The summed E-state index contributed by atoms with van der Waals surface area (Å²) in [5.74, 6) is 0.241. The number of likely N-dealkylation sites (tertiary alicyclic amines) is 1. The van der Waals surface area contributed by atoms with E-state index in [0.717, 1.165) is 31.5 Å². The van der Waals surface area contributed by atoms with Crippen molar-refractivity contribution in [3.05, 3.63) is 29.8 Å². The lowest BCUT2D eigenvalue weighted by atomic mass is 9.95. The van der Waals surface area contributed by atoms with E-state index in [1.807, 2.05) is 48.8 Å². The summed E-state index contributed by atoms with van der Waals surface area (Å²) in [6.07, 6.45) is 2.43. The van der Waals surface area contributed by atoms with Crippen LogP contribution in [0.4, 0.5) is 10.5 Å². The maximum atomic E-state index is 12.9. The molecule has 0 radical (unpaired) electrons. The standard InChI is InChI=1S/C19H27N3O2/c1-19(2,3)20-18(24)21-11-8-15(9-12-21)17(23)22-13-10-14-6-4-5-7-16(14)22/h4-7,15H,8-13H2,1-3H3,(H,20,24). The maximum Gasteiger partial charge on any atom is 0.317 e. The minimum absolute atomic E-state index is 0.0230. The van der Waals surface area contributed by atoms with Gasteiger partial charge in [0.25, 0.3) is 0 Å². The summed E-state index contributed by atoms with van der Waals surface area (Å²) in [7, 11) is 0. The minimum atomic E-state index is -0.233. The van der Waals surface area contributed by atoms with E-state index in [-0.39, 0.29) is 23.4 Å². The van der Waals surface area contributed by atoms with Gasteiger partial charge >= 0.3 is 6.03 Å². The Morgan fingerprint density at radius 1 is 1.08 bits per heavy atom. The van der Waals surface area contributed by atoms with Gasteiger partial charge in [0.2, 0.25) is 5.91 Å². The fourth-order valence-electron chi connectivity index (χ4n) is 3.52. The number of para-hydroxylation sites is 1. The first-order valence-corrected chi connectivity index (χ1v) is 8.81. The van der Waals surface area contributed by atoms with Crippen LogP contribution in [0, 0.1) is 5.92 Å². The Bertz CT molecular complexity index is 628. The predicted octanol–water partition coefficient (Wildman–Crippen LogP) is 2.80. The zero-order valence-electron chi connectivity index (χ0n) is 14.8. The summed E-state index contributed by atoms with van der Waals surface area (Å²) < 4.78 is 0. The molecule has 0 atom stereocenters. The summed E-state index contributed by atoms with van der Waals surface area (Å²) in [5, 5.41) is 2.99. The molecule has 5 heteroatoms. The molecular formula is C19H27N3O2. The van der Waals surface area contributed by atoms with Gasteiger partial charge in [-0.15, -0.1) is 0 Å². The number of amides is 3. The Labute approximate surface area is 144 Å². The van der Waals surface area contributed by atoms with Crippen molar-refractivity contribution in [3.63, 3.8) is 0 Å². The van der Waals surface area contributed by atoms with E-state index in [0.29, 0.717) is 13.1 Å². The lowest BCUT2D eigenvalue weighted by Crippen LogP contribution is -2.52. The smallest absolute Gasteiger partial charge is 0.317 e. The zero-order chi connectivity index (χ0) is 17.3. The average Bonchev–Trinajstić information content (AvgIpc) is 2.97. The molecule has 0 spiro atoms. The molecule has 2 aliphatic rings. The highest BCUT2D eigenvalue weighted by molar-refractivity contribution is 5.97. The van der Waals surface area contributed by atoms with Crippen molar-refractivity contribution < 1.29 is 9.59 Å². The zero-order valence-corrected chi connectivity index (χ0v) is 14.8. The van der Waals surface area contributed by atoms with Crippen LogP contribution < -0.4 is 10.2 Å². The van der Waals surface area contributed by atoms with Gasteiger partial charge in [0.15, 0.2) is 0 Å². The number of carbonyl (C=O) groups excluding carboxylic acids is 2. The summed E-state index contributed by atoms with van der Waals surface area (Å²) >= 11 is 0. The number of hydrogen-bond donors (Lipinski definition) is 1. The molecule has 24 heavy (non-hydrogen) atoms. The van der Waals surface area contributed by atoms with Gasteiger partial charge in [0.1, 0.15) is 0 Å². The first-order valence-electron chi connectivity index (χ1n) is 8.81. The van der Waals surface area contributed by atoms with Crippen LogP contribution in [0.15, 0.2) is 24.3 Å². The van der Waals surface area contributed by atoms with Crippen LogP contribution in [0.2, 0.25) is 0 Å². The van der Waals surface area contributed by atoms with Crippen LogP contribution in [0.5, 0.6) is 0 Å². The molecule has 3 rings (SSSR count). The van der Waals surface area contributed by atoms with Crippen molar-refractivity contribution in [3.8, 4) is 0 Å². The molecule has 2 aliphatic heterocycles. The molecule has 0 saturated carbocycles. The summed E-state index contributed by atoms with van der Waals surface area (Å²) in [6.45, 7) is 8.01. The Hall–Kier alpha value is -2.04. The van der Waals surface area contributed by atoms with E-state index in [1.165, 1.54) is 5.56 Å². The van der Waals surface area contributed by atoms with E-state index in [4.69, 9.17) is 0 Å². The number of anilines is 1. The Morgan fingerprint density at radius 2 is 1.75 bits per heavy atom. The van der Waals surface area contributed by atoms with Crippen molar-refractivity contribution in [2.24, 2.45) is 5.92 Å². The van der Waals surface area contributed by atoms with Gasteiger partial charge in [-0.1, -0.05) is 18.2 Å². The van der Waals surface area contributed by atoms with Crippen molar-refractivity contribution in [1.29, 1.82) is 0 Å². The number of urea groups is 1. The minimum Gasteiger partial charge on any atom is -0.333 e. The number of benzene rings is 1. The third kappa shape index (κ3) is 3.55. The van der Waals surface area contributed by atoms with Crippen molar-refractivity contribution in [2.75, 3.05) is 24.5 Å². The highest BCUT2D eigenvalue weighted by Gasteiger charge is 2.33. The third-order valence-electron chi connectivity index (χ3n) is 4.77. The van der Waals surface area contributed by atoms with Crippen LogP contribution in [0.25, 0.3) is 0 Å². The van der Waals surface area contributed by atoms with E-state index in [9.17, 15) is 9.59 Å². The monoisotopic (exact) mass is 329 g/mol. The summed E-state index contributed by atoms with van der Waals surface area (Å²) in [4.78, 5) is 28.9. The molecular weight excluding hydrogens is 302 g/mol. The first-order chi connectivity index (χ1) is 11.3. The Kier molecular flexibility index (Phi) is 4.52. The number of nitrogens with one attached hydrogen (secondary N) is 1. The van der Waals surface area contributed by atoms with Gasteiger partial charge in [-0.05, 0) is 51.7 Å². The molecule has 1 fully saturated rings. The van der Waals surface area contributed by atoms with Crippen LogP contribution >= 0.6 is 0 Å². The number of nitrogens with zero attached hydrogens (tertiary/aromatic N) is 2. The SMILES string of the molecule is CC(C)(C)NC(=O)N1CCC(C(=O)N2CCc3ccccc32)CC1. The van der Waals surface area contributed by atoms with Crippen molar-refractivity contribution >= 4 is 17.6 Å². The largest absolute Gasteiger partial charge is 0.333 e. The normalized spacial score (nSPS) is 18.5. The van der Waals surface area contributed by atoms with Gasteiger partial charge in [-0.3, -0.25) is 4.79 Å². The van der Waals surface area contributed by atoms with Gasteiger partial charge in [-0.25, -0.2) is 4.79 Å². The molecule has 0 aliphatic carbocycles. The van der Waals surface area contributed by atoms with E-state index in [2.05, 4.69) is 11.4 Å². The van der Waals surface area contributed by atoms with Crippen molar-refractivity contribution in [2.45, 2.75) is 45.6 Å². The highest BCUT2D eigenvalue weighted by atomic mass is 16.2. The lowest BCUT2D eigenvalue weighted by Gasteiger charge is -2.35. The fourth-order valence-corrected chi connectivity index (χ4v) is 3.52. The number of rotatable bonds is 1. The van der Waals surface area contributed by atoms with E-state index < -0.39 is 0 Å². The second-order valence-electron chi connectivity index (χ2n) is 7.81. The maximum absolute atomic E-state index is 12.9. The molecule has 1 saturated heterocycles. The second-order valence-corrected chi connectivity index (χ2v) is 7.81. The molecule has 1 aromatic carbocycles. The van der Waals surface area contributed by atoms with E-state index in [1.54, 1.807) is 0 Å². The number of carbonyl (C=O) groups is 2. The summed E-state index contributed by atoms with van der Waals surface area (Å²) in [5.41, 5.74) is 2.09. The summed E-state index contributed by atoms with van der Waals surface area (Å²) in [6, 6.07) is 8.12. The van der Waals surface area contributed by atoms with Gasteiger partial charge in [0.05, 0.1) is 0 Å². The molecule has 5 nitrogen and oxygen atoms in total. The third-order valence-corrected chi connectivity index (χ3v) is 4.77. The van der Waals surface area contributed by atoms with Crippen LogP contribution in [0.1, 0.15) is 39.2 Å². The highest BCUT2D eigenvalue weighted by Crippen LogP contribution is 2.31.